The van der Waals surface area contributed by atoms with Gasteiger partial charge in [-0.1, -0.05) is 121 Å². The summed E-state index contributed by atoms with van der Waals surface area (Å²) in [6.07, 6.45) is -1.82. The second-order valence-corrected chi connectivity index (χ2v) is 16.3. The third kappa shape index (κ3) is 13.2. The molecule has 0 unspecified atom stereocenters. The number of hydrogen-bond donors (Lipinski definition) is 4. The minimum absolute atomic E-state index is 0.115. The number of methoxy groups -OCH3 is 3. The second-order valence-electron chi connectivity index (χ2n) is 14.4. The lowest BCUT2D eigenvalue weighted by Gasteiger charge is -2.38. The highest BCUT2D eigenvalue weighted by molar-refractivity contribution is 7.90. The van der Waals surface area contributed by atoms with E-state index in [0.29, 0.717) is 22.3 Å². The van der Waals surface area contributed by atoms with E-state index in [-0.39, 0.29) is 60.7 Å². The van der Waals surface area contributed by atoms with Crippen molar-refractivity contribution in [3.63, 3.8) is 0 Å². The molecule has 0 radical (unpaired) electrons. The third-order valence-corrected chi connectivity index (χ3v) is 11.0. The number of aliphatic hydroxyl groups is 4. The number of aliphatic hydroxyl groups excluding tert-OH is 4. The van der Waals surface area contributed by atoms with E-state index in [0.717, 1.165) is 6.26 Å². The van der Waals surface area contributed by atoms with E-state index < -0.39 is 51.6 Å². The van der Waals surface area contributed by atoms with Crippen LogP contribution in [0.3, 0.4) is 0 Å². The maximum Gasteiger partial charge on any atom is 0.348 e. The number of ether oxygens (including phenoxy) is 6. The molecule has 0 fully saturated rings. The normalized spacial score (nSPS) is 12.1. The summed E-state index contributed by atoms with van der Waals surface area (Å²) < 4.78 is 54.2. The Morgan fingerprint density at radius 1 is 0.603 bits per heavy atom. The highest BCUT2D eigenvalue weighted by Crippen LogP contribution is 2.39. The number of hydrogen-bond acceptors (Lipinski definition) is 18. The van der Waals surface area contributed by atoms with Crippen molar-refractivity contribution in [3.8, 4) is 17.8 Å². The van der Waals surface area contributed by atoms with Gasteiger partial charge in [-0.15, -0.1) is 0 Å². The Morgan fingerprint density at radius 3 is 1.40 bits per heavy atom. The smallest absolute Gasteiger partial charge is 0.348 e. The van der Waals surface area contributed by atoms with Gasteiger partial charge in [0.15, 0.2) is 11.7 Å². The maximum absolute atomic E-state index is 13.2. The van der Waals surface area contributed by atoms with Crippen LogP contribution in [0.5, 0.6) is 17.8 Å². The predicted molar refractivity (Wildman–Crippen MR) is 247 cm³/mol. The summed E-state index contributed by atoms with van der Waals surface area (Å²) >= 11 is 0. The Labute approximate surface area is 395 Å². The van der Waals surface area contributed by atoms with Crippen molar-refractivity contribution < 1.29 is 66.9 Å². The molecule has 0 aliphatic carbocycles. The fraction of sp³-hybridized carbons (Fsp3) is 0.306. The molecular weight excluding hydrogens is 901 g/mol. The molecule has 0 saturated heterocycles. The first-order chi connectivity index (χ1) is 32.7. The average Bonchev–Trinajstić information content (AvgIpc) is 3.38. The molecule has 0 amide bonds. The van der Waals surface area contributed by atoms with Gasteiger partial charge < -0.3 is 48.8 Å². The molecule has 2 atom stereocenters. The van der Waals surface area contributed by atoms with Crippen molar-refractivity contribution in [2.75, 3.05) is 47.4 Å². The van der Waals surface area contributed by atoms with Crippen molar-refractivity contribution in [1.29, 1.82) is 0 Å². The fourth-order valence-corrected chi connectivity index (χ4v) is 7.49. The molecule has 0 aliphatic rings. The van der Waals surface area contributed by atoms with Crippen LogP contribution in [-0.2, 0) is 57.9 Å². The summed E-state index contributed by atoms with van der Waals surface area (Å²) in [5.41, 5.74) is 0.498. The summed E-state index contributed by atoms with van der Waals surface area (Å²) in [4.78, 5) is 41.0. The van der Waals surface area contributed by atoms with Crippen molar-refractivity contribution in [3.05, 3.63) is 167 Å². The van der Waals surface area contributed by atoms with E-state index in [1.165, 1.54) is 33.5 Å². The number of esters is 2. The maximum atomic E-state index is 13.2. The van der Waals surface area contributed by atoms with E-state index in [9.17, 15) is 33.3 Å². The fourth-order valence-electron chi connectivity index (χ4n) is 6.96. The third-order valence-electron chi connectivity index (χ3n) is 10.2. The van der Waals surface area contributed by atoms with Gasteiger partial charge in [0.2, 0.25) is 32.9 Å². The molecule has 2 heterocycles. The molecule has 4 aromatic carbocycles. The van der Waals surface area contributed by atoms with Crippen LogP contribution < -0.4 is 14.2 Å². The highest BCUT2D eigenvalue weighted by atomic mass is 32.2. The van der Waals surface area contributed by atoms with Crippen molar-refractivity contribution in [2.45, 2.75) is 55.4 Å². The van der Waals surface area contributed by atoms with E-state index in [1.807, 2.05) is 121 Å². The molecule has 0 saturated carbocycles. The van der Waals surface area contributed by atoms with E-state index in [1.54, 1.807) is 13.8 Å². The summed E-state index contributed by atoms with van der Waals surface area (Å²) in [6, 6.07) is 39.2. The highest BCUT2D eigenvalue weighted by Gasteiger charge is 2.50. The van der Waals surface area contributed by atoms with Crippen LogP contribution in [-0.4, -0.2) is 120 Å². The average molecular weight is 957 g/mol. The van der Waals surface area contributed by atoms with Gasteiger partial charge in [-0.05, 0) is 36.1 Å². The van der Waals surface area contributed by atoms with Crippen LogP contribution in [0.2, 0.25) is 0 Å². The van der Waals surface area contributed by atoms with Gasteiger partial charge in [-0.2, -0.15) is 15.0 Å². The molecule has 6 aromatic rings. The molecular formula is C49H56N4O14S. The van der Waals surface area contributed by atoms with E-state index in [2.05, 4.69) is 19.9 Å². The van der Waals surface area contributed by atoms with Crippen molar-refractivity contribution in [2.24, 2.45) is 0 Å². The van der Waals surface area contributed by atoms with Crippen LogP contribution in [0.1, 0.15) is 47.5 Å². The zero-order valence-electron chi connectivity index (χ0n) is 38.5. The number of rotatable bonds is 19. The SMILES string of the molecule is CCOC(=O)[C@@H](O)C(OC)(c1ccccc1)c1ccccc1.CCOC(=O)[C@@H](Oc1nc(CO)cc(OC)n1)C(CO)(c1ccccc1)c1ccccc1.COc1cc(CO)nc(S(C)(=O)=O)n1. The molecule has 2 aromatic heterocycles. The van der Waals surface area contributed by atoms with Gasteiger partial charge in [0.25, 0.3) is 0 Å². The standard InChI is InChI=1S/C24H26N2O6.C18H20O4.C7H10N2O4S/c1-3-31-22(29)21(32-23-25-19(15-27)14-20(26-23)30-2)24(16-28,17-10-6-4-7-11-17)18-12-8-5-9-13-18;1-3-22-17(20)16(19)18(21-2,14-10-6-4-7-11-14)15-12-8-5-9-13-15;1-13-6-3-5(4-10)8-7(9-6)14(2,11)12/h4-14,21,27-28H,3,15-16H2,1-2H3;4-13,16,19H,3H2,1-2H3;3,10H,4H2,1-2H3/t21-;16-;/m11./s1. The van der Waals surface area contributed by atoms with Crippen LogP contribution in [0.25, 0.3) is 0 Å². The summed E-state index contributed by atoms with van der Waals surface area (Å²) in [7, 11) is 0.769. The van der Waals surface area contributed by atoms with Crippen LogP contribution in [0, 0.1) is 0 Å². The number of aromatic nitrogens is 4. The van der Waals surface area contributed by atoms with Gasteiger partial charge in [0, 0.05) is 25.5 Å². The Bertz CT molecular complexity index is 2470. The Kier molecular flexibility index (Phi) is 20.5. The molecule has 18 nitrogen and oxygen atoms in total. The lowest BCUT2D eigenvalue weighted by molar-refractivity contribution is -0.169. The lowest BCUT2D eigenvalue weighted by atomic mass is 9.70. The topological polar surface area (TPSA) is 256 Å². The van der Waals surface area contributed by atoms with Crippen molar-refractivity contribution >= 4 is 21.8 Å². The first-order valence-corrected chi connectivity index (χ1v) is 22.9. The van der Waals surface area contributed by atoms with Gasteiger partial charge in [-0.25, -0.2) is 23.0 Å². The van der Waals surface area contributed by atoms with Gasteiger partial charge >= 0.3 is 17.9 Å². The molecule has 0 bridgehead atoms. The van der Waals surface area contributed by atoms with Crippen LogP contribution in [0.4, 0.5) is 0 Å². The lowest BCUT2D eigenvalue weighted by Crippen LogP contribution is -2.52. The summed E-state index contributed by atoms with van der Waals surface area (Å²) in [6.45, 7) is 2.51. The van der Waals surface area contributed by atoms with Gasteiger partial charge in [-0.3, -0.25) is 0 Å². The number of carbonyl (C=O) groups excluding carboxylic acids is 2. The molecule has 0 spiro atoms. The Hall–Kier alpha value is -6.87. The van der Waals surface area contributed by atoms with Crippen molar-refractivity contribution in [1.82, 2.24) is 19.9 Å². The zero-order chi connectivity index (χ0) is 49.7. The minimum Gasteiger partial charge on any atom is -0.481 e. The largest absolute Gasteiger partial charge is 0.481 e. The van der Waals surface area contributed by atoms with Crippen LogP contribution in [0.15, 0.2) is 139 Å². The second kappa shape index (κ2) is 25.9. The number of sulfone groups is 1. The van der Waals surface area contributed by atoms with Crippen LogP contribution >= 0.6 is 0 Å². The summed E-state index contributed by atoms with van der Waals surface area (Å²) in [5.74, 6) is -1.12. The summed E-state index contributed by atoms with van der Waals surface area (Å²) in [5, 5.41) is 39.4. The van der Waals surface area contributed by atoms with Gasteiger partial charge in [0.1, 0.15) is 0 Å². The number of carbonyl (C=O) groups is 2. The molecule has 19 heteroatoms. The first-order valence-electron chi connectivity index (χ1n) is 21.0. The monoisotopic (exact) mass is 956 g/mol. The number of benzene rings is 4. The predicted octanol–water partition coefficient (Wildman–Crippen LogP) is 4.15. The quantitative estimate of drug-likeness (QED) is 0.0657. The Balaban J connectivity index is 0.000000242. The Morgan fingerprint density at radius 2 is 1.01 bits per heavy atom. The molecule has 68 heavy (non-hydrogen) atoms. The first kappa shape index (κ1) is 53.7. The van der Waals surface area contributed by atoms with E-state index in [4.69, 9.17) is 33.5 Å². The number of nitrogens with zero attached hydrogens (tertiary/aromatic N) is 4. The molecule has 6 rings (SSSR count). The molecule has 4 N–H and O–H groups in total. The zero-order valence-corrected chi connectivity index (χ0v) is 39.3. The minimum atomic E-state index is -3.48. The molecule has 362 valence electrons. The molecule has 0 aliphatic heterocycles. The van der Waals surface area contributed by atoms with Gasteiger partial charge in [0.05, 0.1) is 64.1 Å². The van der Waals surface area contributed by atoms with E-state index >= 15 is 0 Å².